The van der Waals surface area contributed by atoms with Gasteiger partial charge < -0.3 is 25.1 Å². The van der Waals surface area contributed by atoms with Crippen molar-refractivity contribution in [2.75, 3.05) is 26.7 Å². The number of piperidine rings is 1. The van der Waals surface area contributed by atoms with Crippen LogP contribution in [0.25, 0.3) is 0 Å². The monoisotopic (exact) mass is 391 g/mol. The molecule has 0 unspecified atom stereocenters. The van der Waals surface area contributed by atoms with Crippen LogP contribution in [-0.4, -0.2) is 54.1 Å². The molecule has 3 N–H and O–H groups in total. The van der Waals surface area contributed by atoms with E-state index in [2.05, 4.69) is 10.6 Å². The summed E-state index contributed by atoms with van der Waals surface area (Å²) in [5.74, 6) is 1.14. The third-order valence-corrected chi connectivity index (χ3v) is 6.06. The van der Waals surface area contributed by atoms with Crippen LogP contribution in [0, 0.1) is 5.92 Å². The van der Waals surface area contributed by atoms with Crippen molar-refractivity contribution in [3.05, 3.63) is 23.7 Å². The van der Waals surface area contributed by atoms with Crippen LogP contribution in [0.15, 0.2) is 16.5 Å². The molecule has 156 valence electrons. The number of aliphatic hydroxyl groups is 1. The maximum Gasteiger partial charge on any atom is 0.286 e. The smallest absolute Gasteiger partial charge is 0.286 e. The maximum absolute atomic E-state index is 12.9. The molecule has 28 heavy (non-hydrogen) atoms. The molecule has 1 saturated carbocycles. The van der Waals surface area contributed by atoms with E-state index in [4.69, 9.17) is 4.42 Å². The van der Waals surface area contributed by atoms with Crippen LogP contribution in [0.2, 0.25) is 0 Å². The largest absolute Gasteiger partial charge is 0.455 e. The van der Waals surface area contributed by atoms with Crippen molar-refractivity contribution in [3.63, 3.8) is 0 Å². The van der Waals surface area contributed by atoms with Crippen LogP contribution in [0.4, 0.5) is 0 Å². The van der Waals surface area contributed by atoms with E-state index in [1.54, 1.807) is 19.2 Å². The molecular formula is C21H33N3O4. The Morgan fingerprint density at radius 1 is 1.29 bits per heavy atom. The molecule has 2 heterocycles. The summed E-state index contributed by atoms with van der Waals surface area (Å²) in [4.78, 5) is 26.2. The highest BCUT2D eigenvalue weighted by atomic mass is 16.4. The van der Waals surface area contributed by atoms with Crippen molar-refractivity contribution in [1.82, 2.24) is 15.5 Å². The lowest BCUT2D eigenvalue weighted by molar-refractivity contribution is -0.156. The molecule has 2 amide bonds. The number of furan rings is 1. The first-order valence-corrected chi connectivity index (χ1v) is 10.5. The van der Waals surface area contributed by atoms with Gasteiger partial charge in [0.25, 0.3) is 11.8 Å². The number of carbonyl (C=O) groups excluding carboxylic acids is 2. The fourth-order valence-corrected chi connectivity index (χ4v) is 4.37. The fraction of sp³-hybridized carbons (Fsp3) is 0.714. The van der Waals surface area contributed by atoms with Crippen molar-refractivity contribution in [2.45, 2.75) is 63.5 Å². The van der Waals surface area contributed by atoms with Gasteiger partial charge in [-0.3, -0.25) is 9.59 Å². The van der Waals surface area contributed by atoms with E-state index in [1.165, 1.54) is 32.1 Å². The highest BCUT2D eigenvalue weighted by molar-refractivity contribution is 5.91. The molecule has 1 aliphatic carbocycles. The van der Waals surface area contributed by atoms with Gasteiger partial charge in [-0.15, -0.1) is 0 Å². The Morgan fingerprint density at radius 2 is 2.07 bits per heavy atom. The van der Waals surface area contributed by atoms with Gasteiger partial charge in [-0.05, 0) is 37.3 Å². The number of amides is 2. The van der Waals surface area contributed by atoms with Crippen molar-refractivity contribution in [2.24, 2.45) is 5.92 Å². The van der Waals surface area contributed by atoms with E-state index >= 15 is 0 Å². The van der Waals surface area contributed by atoms with E-state index in [0.29, 0.717) is 18.7 Å². The minimum atomic E-state index is -1.36. The van der Waals surface area contributed by atoms with Gasteiger partial charge in [0.2, 0.25) is 0 Å². The Kier molecular flexibility index (Phi) is 7.13. The summed E-state index contributed by atoms with van der Waals surface area (Å²) in [5, 5.41) is 16.5. The second kappa shape index (κ2) is 9.56. The Balaban J connectivity index is 1.47. The number of rotatable bonds is 8. The summed E-state index contributed by atoms with van der Waals surface area (Å²) in [7, 11) is 1.55. The normalized spacial score (nSPS) is 23.8. The summed E-state index contributed by atoms with van der Waals surface area (Å²) < 4.78 is 5.46. The third kappa shape index (κ3) is 5.14. The Hall–Kier alpha value is -1.86. The molecule has 3 rings (SSSR count). The summed E-state index contributed by atoms with van der Waals surface area (Å²) in [5.41, 5.74) is -1.36. The summed E-state index contributed by atoms with van der Waals surface area (Å²) in [6.45, 7) is 2.03. The number of nitrogens with one attached hydrogen (secondary N) is 2. The van der Waals surface area contributed by atoms with Crippen LogP contribution >= 0.6 is 0 Å². The number of carbonyl (C=O) groups is 2. The van der Waals surface area contributed by atoms with Gasteiger partial charge in [-0.2, -0.15) is 0 Å². The van der Waals surface area contributed by atoms with E-state index < -0.39 is 5.60 Å². The zero-order valence-electron chi connectivity index (χ0n) is 16.8. The van der Waals surface area contributed by atoms with Crippen molar-refractivity contribution in [3.8, 4) is 0 Å². The lowest BCUT2D eigenvalue weighted by atomic mass is 9.86. The van der Waals surface area contributed by atoms with E-state index in [0.717, 1.165) is 31.8 Å². The molecule has 7 nitrogen and oxygen atoms in total. The number of hydrogen-bond acceptors (Lipinski definition) is 5. The summed E-state index contributed by atoms with van der Waals surface area (Å²) in [6, 6.07) is 3.34. The van der Waals surface area contributed by atoms with Gasteiger partial charge in [0.15, 0.2) is 11.4 Å². The third-order valence-electron chi connectivity index (χ3n) is 6.06. The Bertz CT molecular complexity index is 668. The Morgan fingerprint density at radius 3 is 2.82 bits per heavy atom. The maximum atomic E-state index is 12.9. The van der Waals surface area contributed by atoms with E-state index in [-0.39, 0.29) is 24.1 Å². The molecule has 1 aliphatic heterocycles. The zero-order chi connectivity index (χ0) is 20.0. The molecule has 0 radical (unpaired) electrons. The van der Waals surface area contributed by atoms with Crippen LogP contribution in [0.3, 0.4) is 0 Å². The molecule has 1 atom stereocenters. The first-order chi connectivity index (χ1) is 13.5. The lowest BCUT2D eigenvalue weighted by Crippen LogP contribution is -2.58. The average Bonchev–Trinajstić information content (AvgIpc) is 3.18. The van der Waals surface area contributed by atoms with Gasteiger partial charge in [0.05, 0.1) is 6.54 Å². The quantitative estimate of drug-likeness (QED) is 0.630. The topological polar surface area (TPSA) is 94.8 Å². The average molecular weight is 392 g/mol. The molecular weight excluding hydrogens is 358 g/mol. The summed E-state index contributed by atoms with van der Waals surface area (Å²) >= 11 is 0. The second-order valence-electron chi connectivity index (χ2n) is 8.17. The predicted octanol–water partition coefficient (Wildman–Crippen LogP) is 2.05. The number of likely N-dealkylation sites (tertiary alicyclic amines) is 1. The number of nitrogens with zero attached hydrogens (tertiary/aromatic N) is 1. The first-order valence-electron chi connectivity index (χ1n) is 10.5. The van der Waals surface area contributed by atoms with Gasteiger partial charge in [0, 0.05) is 26.7 Å². The van der Waals surface area contributed by atoms with Crippen LogP contribution in [-0.2, 0) is 11.3 Å². The van der Waals surface area contributed by atoms with E-state index in [1.807, 2.05) is 4.90 Å². The molecule has 0 aromatic carbocycles. The zero-order valence-corrected chi connectivity index (χ0v) is 16.8. The predicted molar refractivity (Wildman–Crippen MR) is 106 cm³/mol. The molecule has 1 aromatic rings. The van der Waals surface area contributed by atoms with Gasteiger partial charge in [0.1, 0.15) is 5.76 Å². The number of hydrogen-bond donors (Lipinski definition) is 3. The van der Waals surface area contributed by atoms with Gasteiger partial charge in [-0.25, -0.2) is 0 Å². The summed E-state index contributed by atoms with van der Waals surface area (Å²) in [6.07, 6.45) is 8.83. The van der Waals surface area contributed by atoms with Crippen LogP contribution in [0.5, 0.6) is 0 Å². The minimum absolute atomic E-state index is 0.160. The molecule has 0 bridgehead atoms. The second-order valence-corrected chi connectivity index (χ2v) is 8.17. The highest BCUT2D eigenvalue weighted by Gasteiger charge is 2.41. The minimum Gasteiger partial charge on any atom is -0.455 e. The first kappa shape index (κ1) is 20.9. The highest BCUT2D eigenvalue weighted by Crippen LogP contribution is 2.28. The van der Waals surface area contributed by atoms with Crippen molar-refractivity contribution in [1.29, 1.82) is 0 Å². The standard InChI is InChI=1S/C21H33N3O4/c1-22-19(25)18-9-8-17(28-18)14-23-15-21(27)11-5-12-24(20(21)26)13-10-16-6-3-2-4-7-16/h8-9,16,23,27H,2-7,10-15H2,1H3,(H,22,25)/t21-/m0/s1. The molecule has 7 heteroatoms. The fourth-order valence-electron chi connectivity index (χ4n) is 4.37. The molecule has 2 fully saturated rings. The van der Waals surface area contributed by atoms with Crippen molar-refractivity contribution >= 4 is 11.8 Å². The molecule has 0 spiro atoms. The molecule has 1 aromatic heterocycles. The van der Waals surface area contributed by atoms with Gasteiger partial charge >= 0.3 is 0 Å². The lowest BCUT2D eigenvalue weighted by Gasteiger charge is -2.39. The molecule has 2 aliphatic rings. The SMILES string of the molecule is CNC(=O)c1ccc(CNC[C@@]2(O)CCCN(CCC3CCCCC3)C2=O)o1. The van der Waals surface area contributed by atoms with Gasteiger partial charge in [-0.1, -0.05) is 32.1 Å². The van der Waals surface area contributed by atoms with E-state index in [9.17, 15) is 14.7 Å². The van der Waals surface area contributed by atoms with Crippen molar-refractivity contribution < 1.29 is 19.1 Å². The van der Waals surface area contributed by atoms with Crippen LogP contribution in [0.1, 0.15) is 67.7 Å². The Labute approximate surface area is 166 Å². The van der Waals surface area contributed by atoms with Crippen LogP contribution < -0.4 is 10.6 Å². The molecule has 1 saturated heterocycles.